The molecule has 7 heteroatoms. The van der Waals surface area contributed by atoms with Crippen LogP contribution < -0.4 is 5.32 Å². The SMILES string of the molecule is Cn1nccc1Cc1ccc(Sc2cccc(NC(=O)C3CCOCC3)c2)cc1F. The number of aryl methyl sites for hydroxylation is 1. The van der Waals surface area contributed by atoms with Gasteiger partial charge in [-0.2, -0.15) is 5.10 Å². The van der Waals surface area contributed by atoms with Crippen LogP contribution in [0.5, 0.6) is 0 Å². The van der Waals surface area contributed by atoms with Crippen LogP contribution >= 0.6 is 11.8 Å². The second-order valence-electron chi connectivity index (χ2n) is 7.38. The molecule has 1 aromatic heterocycles. The number of aromatic nitrogens is 2. The smallest absolute Gasteiger partial charge is 0.227 e. The Morgan fingerprint density at radius 3 is 2.73 bits per heavy atom. The largest absolute Gasteiger partial charge is 0.381 e. The Morgan fingerprint density at radius 1 is 1.20 bits per heavy atom. The van der Waals surface area contributed by atoms with E-state index in [2.05, 4.69) is 10.4 Å². The van der Waals surface area contributed by atoms with Gasteiger partial charge in [-0.05, 0) is 54.8 Å². The maximum atomic E-state index is 14.6. The zero-order chi connectivity index (χ0) is 20.9. The number of amides is 1. The summed E-state index contributed by atoms with van der Waals surface area (Å²) >= 11 is 1.47. The average Bonchev–Trinajstić information content (AvgIpc) is 3.15. The molecule has 0 unspecified atom stereocenters. The minimum atomic E-state index is -0.231. The summed E-state index contributed by atoms with van der Waals surface area (Å²) in [5, 5.41) is 7.13. The Bertz CT molecular complexity index is 1030. The van der Waals surface area contributed by atoms with E-state index < -0.39 is 0 Å². The Balaban J connectivity index is 1.41. The van der Waals surface area contributed by atoms with Gasteiger partial charge in [0.25, 0.3) is 0 Å². The number of ether oxygens (including phenoxy) is 1. The second-order valence-corrected chi connectivity index (χ2v) is 8.53. The minimum Gasteiger partial charge on any atom is -0.381 e. The van der Waals surface area contributed by atoms with Crippen LogP contribution in [0.15, 0.2) is 64.5 Å². The summed E-state index contributed by atoms with van der Waals surface area (Å²) in [5.41, 5.74) is 2.35. The van der Waals surface area contributed by atoms with Gasteiger partial charge in [-0.25, -0.2) is 4.39 Å². The molecule has 1 fully saturated rings. The van der Waals surface area contributed by atoms with Crippen molar-refractivity contribution in [3.8, 4) is 0 Å². The van der Waals surface area contributed by atoms with Crippen molar-refractivity contribution in [1.82, 2.24) is 9.78 Å². The molecule has 156 valence electrons. The van der Waals surface area contributed by atoms with Crippen molar-refractivity contribution < 1.29 is 13.9 Å². The molecule has 0 radical (unpaired) electrons. The van der Waals surface area contributed by atoms with Crippen LogP contribution in [0.2, 0.25) is 0 Å². The molecule has 2 aromatic carbocycles. The molecule has 1 amide bonds. The fourth-order valence-electron chi connectivity index (χ4n) is 3.48. The number of nitrogens with zero attached hydrogens (tertiary/aromatic N) is 2. The van der Waals surface area contributed by atoms with E-state index in [1.54, 1.807) is 16.9 Å². The van der Waals surface area contributed by atoms with Crippen molar-refractivity contribution in [2.75, 3.05) is 18.5 Å². The summed E-state index contributed by atoms with van der Waals surface area (Å²) < 4.78 is 21.7. The molecule has 0 saturated carbocycles. The van der Waals surface area contributed by atoms with E-state index in [9.17, 15) is 9.18 Å². The monoisotopic (exact) mass is 425 g/mol. The molecule has 1 aliphatic heterocycles. The highest BCUT2D eigenvalue weighted by atomic mass is 32.2. The fraction of sp³-hybridized carbons (Fsp3) is 0.304. The van der Waals surface area contributed by atoms with Crippen molar-refractivity contribution in [2.45, 2.75) is 29.1 Å². The molecule has 30 heavy (non-hydrogen) atoms. The zero-order valence-corrected chi connectivity index (χ0v) is 17.6. The number of carbonyl (C=O) groups excluding carboxylic acids is 1. The summed E-state index contributed by atoms with van der Waals surface area (Å²) in [7, 11) is 1.85. The van der Waals surface area contributed by atoms with Gasteiger partial charge in [0.05, 0.1) is 0 Å². The lowest BCUT2D eigenvalue weighted by Gasteiger charge is -2.21. The van der Waals surface area contributed by atoms with Crippen molar-refractivity contribution in [3.63, 3.8) is 0 Å². The second kappa shape index (κ2) is 9.45. The normalized spacial score (nSPS) is 14.6. The fourth-order valence-corrected chi connectivity index (χ4v) is 4.39. The van der Waals surface area contributed by atoms with E-state index in [0.29, 0.717) is 25.2 Å². The van der Waals surface area contributed by atoms with Crippen LogP contribution in [-0.2, 0) is 23.0 Å². The van der Waals surface area contributed by atoms with Gasteiger partial charge in [-0.15, -0.1) is 0 Å². The lowest BCUT2D eigenvalue weighted by atomic mass is 9.99. The number of hydrogen-bond acceptors (Lipinski definition) is 4. The zero-order valence-electron chi connectivity index (χ0n) is 16.8. The van der Waals surface area contributed by atoms with Gasteiger partial charge in [0.2, 0.25) is 5.91 Å². The summed E-state index contributed by atoms with van der Waals surface area (Å²) in [6.45, 7) is 1.27. The first-order valence-electron chi connectivity index (χ1n) is 10.0. The van der Waals surface area contributed by atoms with Gasteiger partial charge in [0.1, 0.15) is 5.82 Å². The van der Waals surface area contributed by atoms with E-state index in [-0.39, 0.29) is 17.6 Å². The number of hydrogen-bond donors (Lipinski definition) is 1. The van der Waals surface area contributed by atoms with Crippen LogP contribution in [0.4, 0.5) is 10.1 Å². The molecule has 3 aromatic rings. The molecule has 0 bridgehead atoms. The first-order chi connectivity index (χ1) is 14.6. The highest BCUT2D eigenvalue weighted by Gasteiger charge is 2.21. The molecule has 1 aliphatic rings. The van der Waals surface area contributed by atoms with E-state index in [1.165, 1.54) is 11.8 Å². The predicted octanol–water partition coefficient (Wildman–Crippen LogP) is 4.67. The van der Waals surface area contributed by atoms with Crippen LogP contribution in [0.1, 0.15) is 24.1 Å². The number of anilines is 1. The quantitative estimate of drug-likeness (QED) is 0.624. The summed E-state index contributed by atoms with van der Waals surface area (Å²) in [6, 6.07) is 14.8. The van der Waals surface area contributed by atoms with Gasteiger partial charge >= 0.3 is 0 Å². The van der Waals surface area contributed by atoms with E-state index in [4.69, 9.17) is 4.74 Å². The van der Waals surface area contributed by atoms with Crippen molar-refractivity contribution in [3.05, 3.63) is 71.8 Å². The Hall–Kier alpha value is -2.64. The number of rotatable bonds is 6. The predicted molar refractivity (Wildman–Crippen MR) is 115 cm³/mol. The first-order valence-corrected chi connectivity index (χ1v) is 10.8. The lowest BCUT2D eigenvalue weighted by molar-refractivity contribution is -0.122. The molecule has 4 rings (SSSR count). The standard InChI is InChI=1S/C23H24FN3O2S/c1-27-19(7-10-25-27)13-17-5-6-21(15-22(17)24)30-20-4-2-3-18(14-20)26-23(28)16-8-11-29-12-9-16/h2-7,10,14-16H,8-9,11-13H2,1H3,(H,26,28). The minimum absolute atomic E-state index is 0.00359. The Kier molecular flexibility index (Phi) is 6.50. The number of benzene rings is 2. The van der Waals surface area contributed by atoms with Crippen LogP contribution in [0, 0.1) is 11.7 Å². The number of carbonyl (C=O) groups is 1. The molecular formula is C23H24FN3O2S. The highest BCUT2D eigenvalue weighted by molar-refractivity contribution is 7.99. The summed E-state index contributed by atoms with van der Waals surface area (Å²) in [4.78, 5) is 14.2. The Labute approximate surface area is 179 Å². The highest BCUT2D eigenvalue weighted by Crippen LogP contribution is 2.31. The van der Waals surface area contributed by atoms with Gasteiger partial charge in [-0.1, -0.05) is 23.9 Å². The topological polar surface area (TPSA) is 56.2 Å². The van der Waals surface area contributed by atoms with Crippen molar-refractivity contribution in [1.29, 1.82) is 0 Å². The molecule has 0 aliphatic carbocycles. The van der Waals surface area contributed by atoms with E-state index >= 15 is 0 Å². The maximum absolute atomic E-state index is 14.6. The van der Waals surface area contributed by atoms with Crippen LogP contribution in [0.3, 0.4) is 0 Å². The molecule has 0 atom stereocenters. The number of halogens is 1. The first kappa shape index (κ1) is 20.6. The molecular weight excluding hydrogens is 401 g/mol. The average molecular weight is 426 g/mol. The van der Waals surface area contributed by atoms with Crippen LogP contribution in [-0.4, -0.2) is 28.9 Å². The van der Waals surface area contributed by atoms with Crippen molar-refractivity contribution >= 4 is 23.4 Å². The van der Waals surface area contributed by atoms with Gasteiger partial charge < -0.3 is 10.1 Å². The van der Waals surface area contributed by atoms with Gasteiger partial charge in [0, 0.05) is 60.0 Å². The third-order valence-electron chi connectivity index (χ3n) is 5.25. The molecule has 1 saturated heterocycles. The summed E-state index contributed by atoms with van der Waals surface area (Å²) in [5.74, 6) is -0.202. The van der Waals surface area contributed by atoms with Gasteiger partial charge in [-0.3, -0.25) is 9.48 Å². The summed E-state index contributed by atoms with van der Waals surface area (Å²) in [6.07, 6.45) is 3.72. The number of nitrogens with one attached hydrogen (secondary N) is 1. The third-order valence-corrected chi connectivity index (χ3v) is 6.23. The molecule has 0 spiro atoms. The van der Waals surface area contributed by atoms with Gasteiger partial charge in [0.15, 0.2) is 0 Å². The van der Waals surface area contributed by atoms with E-state index in [1.807, 2.05) is 49.5 Å². The lowest BCUT2D eigenvalue weighted by Crippen LogP contribution is -2.28. The molecule has 2 heterocycles. The van der Waals surface area contributed by atoms with Crippen molar-refractivity contribution in [2.24, 2.45) is 13.0 Å². The third kappa shape index (κ3) is 5.09. The molecule has 1 N–H and O–H groups in total. The Morgan fingerprint density at radius 2 is 2.00 bits per heavy atom. The van der Waals surface area contributed by atoms with Crippen LogP contribution in [0.25, 0.3) is 0 Å². The molecule has 5 nitrogen and oxygen atoms in total. The maximum Gasteiger partial charge on any atom is 0.227 e. The van der Waals surface area contributed by atoms with E-state index in [0.717, 1.165) is 34.0 Å².